The summed E-state index contributed by atoms with van der Waals surface area (Å²) in [6.07, 6.45) is 0. The Kier molecular flexibility index (Phi) is 4.72. The van der Waals surface area contributed by atoms with E-state index >= 15 is 0 Å². The second kappa shape index (κ2) is 6.07. The Balaban J connectivity index is 2.85. The quantitative estimate of drug-likeness (QED) is 0.532. The third kappa shape index (κ3) is 3.51. The lowest BCUT2D eigenvalue weighted by atomic mass is 10.0. The minimum absolute atomic E-state index is 0.487. The van der Waals surface area contributed by atoms with Crippen LogP contribution in [-0.4, -0.2) is 13.1 Å². The second-order valence-electron chi connectivity index (χ2n) is 3.83. The molecule has 0 aliphatic rings. The number of rotatable bonds is 2. The van der Waals surface area contributed by atoms with Gasteiger partial charge in [-0.25, -0.2) is 0 Å². The normalized spacial score (nSPS) is 10.2. The Bertz CT molecular complexity index is 425. The summed E-state index contributed by atoms with van der Waals surface area (Å²) in [7, 11) is 0. The van der Waals surface area contributed by atoms with Crippen molar-refractivity contribution >= 4 is 0 Å². The van der Waals surface area contributed by atoms with E-state index < -0.39 is 0 Å². The summed E-state index contributed by atoms with van der Waals surface area (Å²) in [6.45, 7) is 9.47. The first-order valence-electron chi connectivity index (χ1n) is 5.55. The van der Waals surface area contributed by atoms with Crippen LogP contribution in [0.3, 0.4) is 0 Å². The maximum absolute atomic E-state index is 3.93. The number of benzene rings is 1. The molecule has 2 heteroatoms. The van der Waals surface area contributed by atoms with Gasteiger partial charge in [-0.3, -0.25) is 0 Å². The number of azo groups is 1. The lowest BCUT2D eigenvalue weighted by molar-refractivity contribution is 0.944. The van der Waals surface area contributed by atoms with Crippen LogP contribution in [0, 0.1) is 32.6 Å². The molecule has 0 aliphatic carbocycles. The maximum Gasteiger partial charge on any atom is 0.121 e. The standard InChI is InChI=1S/C14H18N2/c1-5-15-16-8-6-7-14-12(3)9-11(2)10-13(14)4/h9-10H,5,8H2,1-4H3. The van der Waals surface area contributed by atoms with Crippen molar-refractivity contribution in [1.29, 1.82) is 0 Å². The first-order valence-corrected chi connectivity index (χ1v) is 5.55. The minimum Gasteiger partial charge on any atom is -0.194 e. The number of aryl methyl sites for hydroxylation is 3. The van der Waals surface area contributed by atoms with Gasteiger partial charge in [0.1, 0.15) is 6.54 Å². The molecule has 2 nitrogen and oxygen atoms in total. The molecule has 84 valence electrons. The molecule has 1 rings (SSSR count). The number of hydrogen-bond acceptors (Lipinski definition) is 2. The monoisotopic (exact) mass is 214 g/mol. The Morgan fingerprint density at radius 1 is 1.06 bits per heavy atom. The van der Waals surface area contributed by atoms with Gasteiger partial charge in [-0.15, -0.1) is 0 Å². The lowest BCUT2D eigenvalue weighted by Crippen LogP contribution is -1.89. The highest BCUT2D eigenvalue weighted by molar-refractivity contribution is 5.48. The summed E-state index contributed by atoms with van der Waals surface area (Å²) in [6, 6.07) is 4.31. The molecule has 0 spiro atoms. The highest BCUT2D eigenvalue weighted by atomic mass is 15.1. The van der Waals surface area contributed by atoms with Crippen LogP contribution in [0.25, 0.3) is 0 Å². The predicted octanol–water partition coefficient (Wildman–Crippen LogP) is 3.44. The summed E-state index contributed by atoms with van der Waals surface area (Å²) in [5.74, 6) is 6.19. The fraction of sp³-hybridized carbons (Fsp3) is 0.429. The van der Waals surface area contributed by atoms with Gasteiger partial charge in [0.15, 0.2) is 0 Å². The van der Waals surface area contributed by atoms with Gasteiger partial charge in [-0.2, -0.15) is 10.2 Å². The molecule has 0 saturated carbocycles. The van der Waals surface area contributed by atoms with Crippen molar-refractivity contribution in [2.75, 3.05) is 13.1 Å². The smallest absolute Gasteiger partial charge is 0.121 e. The average molecular weight is 214 g/mol. The molecule has 0 N–H and O–H groups in total. The fourth-order valence-electron chi connectivity index (χ4n) is 1.69. The van der Waals surface area contributed by atoms with Crippen molar-refractivity contribution in [3.63, 3.8) is 0 Å². The third-order valence-corrected chi connectivity index (χ3v) is 2.28. The van der Waals surface area contributed by atoms with E-state index in [2.05, 4.69) is 55.0 Å². The van der Waals surface area contributed by atoms with Crippen LogP contribution in [-0.2, 0) is 0 Å². The molecule has 0 saturated heterocycles. The van der Waals surface area contributed by atoms with Crippen LogP contribution >= 0.6 is 0 Å². The molecular formula is C14H18N2. The maximum atomic E-state index is 3.93. The van der Waals surface area contributed by atoms with Crippen LogP contribution in [0.1, 0.15) is 29.2 Å². The number of hydrogen-bond donors (Lipinski definition) is 0. The van der Waals surface area contributed by atoms with Gasteiger partial charge in [0.05, 0.1) is 6.54 Å². The van der Waals surface area contributed by atoms with Crippen molar-refractivity contribution < 1.29 is 0 Å². The Morgan fingerprint density at radius 2 is 1.69 bits per heavy atom. The molecule has 0 atom stereocenters. The van der Waals surface area contributed by atoms with Gasteiger partial charge in [0.2, 0.25) is 0 Å². The van der Waals surface area contributed by atoms with E-state index in [0.717, 1.165) is 12.1 Å². The molecule has 0 heterocycles. The van der Waals surface area contributed by atoms with Crippen molar-refractivity contribution in [3.05, 3.63) is 34.4 Å². The molecule has 1 aromatic rings. The lowest BCUT2D eigenvalue weighted by Gasteiger charge is -2.04. The van der Waals surface area contributed by atoms with E-state index in [9.17, 15) is 0 Å². The topological polar surface area (TPSA) is 24.7 Å². The number of nitrogens with zero attached hydrogens (tertiary/aromatic N) is 2. The van der Waals surface area contributed by atoms with E-state index in [1.54, 1.807) is 0 Å². The first kappa shape index (κ1) is 12.4. The zero-order valence-corrected chi connectivity index (χ0v) is 10.5. The van der Waals surface area contributed by atoms with E-state index in [4.69, 9.17) is 0 Å². The van der Waals surface area contributed by atoms with Gasteiger partial charge in [0, 0.05) is 5.56 Å². The van der Waals surface area contributed by atoms with E-state index in [-0.39, 0.29) is 0 Å². The summed E-state index contributed by atoms with van der Waals surface area (Å²) >= 11 is 0. The molecule has 0 amide bonds. The van der Waals surface area contributed by atoms with Crippen molar-refractivity contribution in [2.24, 2.45) is 10.2 Å². The molecule has 0 bridgehead atoms. The molecule has 0 radical (unpaired) electrons. The zero-order chi connectivity index (χ0) is 12.0. The summed E-state index contributed by atoms with van der Waals surface area (Å²) in [5, 5.41) is 7.82. The van der Waals surface area contributed by atoms with Crippen LogP contribution in [0.15, 0.2) is 22.4 Å². The highest BCUT2D eigenvalue weighted by Crippen LogP contribution is 2.14. The van der Waals surface area contributed by atoms with Crippen LogP contribution in [0.5, 0.6) is 0 Å². The Morgan fingerprint density at radius 3 is 2.25 bits per heavy atom. The molecule has 1 aromatic carbocycles. The SMILES string of the molecule is CCN=NCC#Cc1c(C)cc(C)cc1C. The molecular weight excluding hydrogens is 196 g/mol. The van der Waals surface area contributed by atoms with E-state index in [0.29, 0.717) is 6.54 Å². The van der Waals surface area contributed by atoms with Gasteiger partial charge in [0.25, 0.3) is 0 Å². The summed E-state index contributed by atoms with van der Waals surface area (Å²) in [5.41, 5.74) is 4.87. The van der Waals surface area contributed by atoms with Crippen molar-refractivity contribution in [1.82, 2.24) is 0 Å². The van der Waals surface area contributed by atoms with E-state index in [1.807, 2.05) is 6.92 Å². The Hall–Kier alpha value is -1.62. The highest BCUT2D eigenvalue weighted by Gasteiger charge is 1.99. The molecule has 0 aromatic heterocycles. The fourth-order valence-corrected chi connectivity index (χ4v) is 1.69. The van der Waals surface area contributed by atoms with Gasteiger partial charge in [-0.1, -0.05) is 29.5 Å². The predicted molar refractivity (Wildman–Crippen MR) is 67.8 cm³/mol. The summed E-state index contributed by atoms with van der Waals surface area (Å²) < 4.78 is 0. The van der Waals surface area contributed by atoms with Gasteiger partial charge in [-0.05, 0) is 38.8 Å². The average Bonchev–Trinajstić information content (AvgIpc) is 2.20. The third-order valence-electron chi connectivity index (χ3n) is 2.28. The zero-order valence-electron chi connectivity index (χ0n) is 10.5. The molecule has 0 fully saturated rings. The van der Waals surface area contributed by atoms with Crippen LogP contribution < -0.4 is 0 Å². The Labute approximate surface area is 97.8 Å². The molecule has 16 heavy (non-hydrogen) atoms. The minimum atomic E-state index is 0.487. The summed E-state index contributed by atoms with van der Waals surface area (Å²) in [4.78, 5) is 0. The van der Waals surface area contributed by atoms with Crippen molar-refractivity contribution in [2.45, 2.75) is 27.7 Å². The van der Waals surface area contributed by atoms with Crippen LogP contribution in [0.2, 0.25) is 0 Å². The first-order chi connectivity index (χ1) is 7.65. The van der Waals surface area contributed by atoms with Gasteiger partial charge < -0.3 is 0 Å². The molecule has 0 unspecified atom stereocenters. The largest absolute Gasteiger partial charge is 0.194 e. The second-order valence-corrected chi connectivity index (χ2v) is 3.83. The van der Waals surface area contributed by atoms with Crippen LogP contribution in [0.4, 0.5) is 0 Å². The van der Waals surface area contributed by atoms with Crippen molar-refractivity contribution in [3.8, 4) is 11.8 Å². The van der Waals surface area contributed by atoms with Gasteiger partial charge >= 0.3 is 0 Å². The molecule has 0 aliphatic heterocycles. The van der Waals surface area contributed by atoms with E-state index in [1.165, 1.54) is 16.7 Å².